The first-order valence-electron chi connectivity index (χ1n) is 5.55. The van der Waals surface area contributed by atoms with Crippen molar-refractivity contribution in [3.8, 4) is 0 Å². The summed E-state index contributed by atoms with van der Waals surface area (Å²) in [5.41, 5.74) is 5.81. The molecule has 0 unspecified atom stereocenters. The first-order valence-corrected chi connectivity index (χ1v) is 8.58. The molecule has 10 heteroatoms. The number of nitrogens with two attached hydrogens (primary N) is 2. The lowest BCUT2D eigenvalue weighted by Crippen LogP contribution is -2.15. The first-order chi connectivity index (χ1) is 9.70. The number of nitrogens with zero attached hydrogens (tertiary/aromatic N) is 1. The highest BCUT2D eigenvalue weighted by molar-refractivity contribution is 7.93. The number of benzene rings is 1. The van der Waals surface area contributed by atoms with Gasteiger partial charge in [0.15, 0.2) is 0 Å². The minimum Gasteiger partial charge on any atom is -0.398 e. The zero-order valence-electron chi connectivity index (χ0n) is 10.6. The molecule has 0 saturated carbocycles. The van der Waals surface area contributed by atoms with E-state index in [1.807, 2.05) is 0 Å². The third-order valence-corrected chi connectivity index (χ3v) is 4.89. The predicted molar refractivity (Wildman–Crippen MR) is 77.3 cm³/mol. The van der Waals surface area contributed by atoms with E-state index in [9.17, 15) is 16.8 Å². The van der Waals surface area contributed by atoms with Gasteiger partial charge < -0.3 is 5.73 Å². The number of rotatable bonds is 4. The van der Waals surface area contributed by atoms with Crippen molar-refractivity contribution in [2.24, 2.45) is 5.14 Å². The molecule has 0 radical (unpaired) electrons. The van der Waals surface area contributed by atoms with Crippen LogP contribution in [0.1, 0.15) is 0 Å². The van der Waals surface area contributed by atoms with E-state index in [0.717, 1.165) is 6.20 Å². The van der Waals surface area contributed by atoms with E-state index in [0.29, 0.717) is 0 Å². The maximum absolute atomic E-state index is 12.1. The fourth-order valence-electron chi connectivity index (χ4n) is 1.54. The molecule has 2 rings (SSSR count). The molecule has 2 aromatic rings. The lowest BCUT2D eigenvalue weighted by molar-refractivity contribution is 0.597. The largest absolute Gasteiger partial charge is 0.398 e. The maximum Gasteiger partial charge on any atom is 0.265 e. The van der Waals surface area contributed by atoms with Crippen molar-refractivity contribution >= 4 is 31.4 Å². The van der Waals surface area contributed by atoms with Crippen molar-refractivity contribution in [1.82, 2.24) is 4.98 Å². The Morgan fingerprint density at radius 2 is 1.62 bits per heavy atom. The van der Waals surface area contributed by atoms with Crippen molar-refractivity contribution in [2.75, 3.05) is 10.5 Å². The average molecular weight is 328 g/mol. The summed E-state index contributed by atoms with van der Waals surface area (Å²) in [7, 11) is -7.74. The normalized spacial score (nSPS) is 12.0. The summed E-state index contributed by atoms with van der Waals surface area (Å²) in [5.74, 6) is 0. The van der Waals surface area contributed by atoms with Crippen LogP contribution in [0.2, 0.25) is 0 Å². The molecule has 0 saturated heterocycles. The van der Waals surface area contributed by atoms with Gasteiger partial charge >= 0.3 is 0 Å². The van der Waals surface area contributed by atoms with Gasteiger partial charge in [-0.05, 0) is 30.3 Å². The molecule has 1 aromatic carbocycles. The fourth-order valence-corrected chi connectivity index (χ4v) is 3.19. The second-order valence-electron chi connectivity index (χ2n) is 4.09. The molecule has 112 valence electrons. The summed E-state index contributed by atoms with van der Waals surface area (Å²) in [6.45, 7) is 0. The lowest BCUT2D eigenvalue weighted by Gasteiger charge is -2.09. The van der Waals surface area contributed by atoms with Gasteiger partial charge in [-0.3, -0.25) is 9.71 Å². The quantitative estimate of drug-likeness (QED) is 0.726. The number of aromatic nitrogens is 1. The number of nitrogen functional groups attached to an aromatic ring is 1. The van der Waals surface area contributed by atoms with Gasteiger partial charge in [0.2, 0.25) is 10.0 Å². The van der Waals surface area contributed by atoms with Crippen LogP contribution in [0.3, 0.4) is 0 Å². The van der Waals surface area contributed by atoms with Gasteiger partial charge in [0.25, 0.3) is 10.0 Å². The molecular formula is C11H12N4O4S2. The summed E-state index contributed by atoms with van der Waals surface area (Å²) in [5, 5.41) is 4.95. The molecule has 1 heterocycles. The van der Waals surface area contributed by atoms with E-state index >= 15 is 0 Å². The summed E-state index contributed by atoms with van der Waals surface area (Å²) < 4.78 is 48.8. The zero-order chi connectivity index (χ0) is 15.7. The Kier molecular flexibility index (Phi) is 3.85. The van der Waals surface area contributed by atoms with E-state index in [1.54, 1.807) is 0 Å². The van der Waals surface area contributed by atoms with Gasteiger partial charge in [-0.15, -0.1) is 0 Å². The number of hydrogen-bond donors (Lipinski definition) is 3. The first kappa shape index (κ1) is 15.2. The number of primary sulfonamides is 1. The van der Waals surface area contributed by atoms with E-state index in [2.05, 4.69) is 9.71 Å². The fraction of sp³-hybridized carbons (Fsp3) is 0. The van der Waals surface area contributed by atoms with Crippen LogP contribution in [0.5, 0.6) is 0 Å². The van der Waals surface area contributed by atoms with Crippen LogP contribution in [0, 0.1) is 0 Å². The molecule has 0 amide bonds. The SMILES string of the molecule is Nc1ccncc1S(=O)(=O)Nc1ccc(S(N)(=O)=O)cc1. The smallest absolute Gasteiger partial charge is 0.265 e. The average Bonchev–Trinajstić information content (AvgIpc) is 2.38. The molecule has 0 aliphatic heterocycles. The minimum absolute atomic E-state index is 0.0543. The van der Waals surface area contributed by atoms with Gasteiger partial charge in [-0.1, -0.05) is 0 Å². The Hall–Kier alpha value is -2.17. The Morgan fingerprint density at radius 3 is 2.14 bits per heavy atom. The van der Waals surface area contributed by atoms with Gasteiger partial charge in [0.05, 0.1) is 10.6 Å². The van der Waals surface area contributed by atoms with Crippen molar-refractivity contribution < 1.29 is 16.8 Å². The Morgan fingerprint density at radius 1 is 1.00 bits per heavy atom. The minimum atomic E-state index is -3.91. The predicted octanol–water partition coefficient (Wildman–Crippen LogP) is 0.112. The Balaban J connectivity index is 2.32. The second kappa shape index (κ2) is 5.31. The second-order valence-corrected chi connectivity index (χ2v) is 7.30. The number of hydrogen-bond acceptors (Lipinski definition) is 6. The molecule has 0 atom stereocenters. The summed E-state index contributed by atoms with van der Waals surface area (Å²) >= 11 is 0. The molecule has 0 spiro atoms. The number of nitrogens with one attached hydrogen (secondary N) is 1. The van der Waals surface area contributed by atoms with E-state index < -0.39 is 20.0 Å². The summed E-state index contributed by atoms with van der Waals surface area (Å²) in [6.07, 6.45) is 2.49. The molecule has 5 N–H and O–H groups in total. The molecule has 0 aliphatic rings. The van der Waals surface area contributed by atoms with E-state index in [-0.39, 0.29) is 21.2 Å². The molecule has 0 aliphatic carbocycles. The molecular weight excluding hydrogens is 316 g/mol. The van der Waals surface area contributed by atoms with Crippen LogP contribution >= 0.6 is 0 Å². The molecule has 21 heavy (non-hydrogen) atoms. The van der Waals surface area contributed by atoms with Crippen molar-refractivity contribution in [3.63, 3.8) is 0 Å². The standard InChI is InChI=1S/C11H12N4O4S2/c12-10-5-6-14-7-11(10)21(18,19)15-8-1-3-9(4-2-8)20(13,16)17/h1-7,15H,(H2,12,14)(H2,13,16,17). The third-order valence-electron chi connectivity index (χ3n) is 2.54. The van der Waals surface area contributed by atoms with Gasteiger partial charge in [-0.25, -0.2) is 22.0 Å². The maximum atomic E-state index is 12.1. The van der Waals surface area contributed by atoms with Crippen molar-refractivity contribution in [3.05, 3.63) is 42.7 Å². The monoisotopic (exact) mass is 328 g/mol. The van der Waals surface area contributed by atoms with Crippen LogP contribution in [0.15, 0.2) is 52.5 Å². The van der Waals surface area contributed by atoms with Crippen molar-refractivity contribution in [1.29, 1.82) is 0 Å². The van der Waals surface area contributed by atoms with Gasteiger partial charge in [-0.2, -0.15) is 0 Å². The van der Waals surface area contributed by atoms with Crippen LogP contribution in [0.25, 0.3) is 0 Å². The number of anilines is 2. The topological polar surface area (TPSA) is 145 Å². The third kappa shape index (κ3) is 3.48. The molecule has 0 fully saturated rings. The van der Waals surface area contributed by atoms with Gasteiger partial charge in [0.1, 0.15) is 4.90 Å². The van der Waals surface area contributed by atoms with Gasteiger partial charge in [0, 0.05) is 18.1 Å². The molecule has 1 aromatic heterocycles. The van der Waals surface area contributed by atoms with Crippen LogP contribution in [-0.4, -0.2) is 21.8 Å². The highest BCUT2D eigenvalue weighted by Crippen LogP contribution is 2.21. The lowest BCUT2D eigenvalue weighted by atomic mass is 10.3. The molecule has 8 nitrogen and oxygen atoms in total. The molecule has 0 bridgehead atoms. The van der Waals surface area contributed by atoms with Crippen LogP contribution in [0.4, 0.5) is 11.4 Å². The Bertz CT molecular complexity index is 861. The van der Waals surface area contributed by atoms with Crippen molar-refractivity contribution in [2.45, 2.75) is 9.79 Å². The van der Waals surface area contributed by atoms with Crippen LogP contribution in [-0.2, 0) is 20.0 Å². The number of pyridine rings is 1. The summed E-state index contributed by atoms with van der Waals surface area (Å²) in [6, 6.07) is 6.31. The van der Waals surface area contributed by atoms with E-state index in [4.69, 9.17) is 10.9 Å². The van der Waals surface area contributed by atoms with E-state index in [1.165, 1.54) is 36.5 Å². The zero-order valence-corrected chi connectivity index (χ0v) is 12.2. The van der Waals surface area contributed by atoms with Crippen LogP contribution < -0.4 is 15.6 Å². The summed E-state index contributed by atoms with van der Waals surface area (Å²) in [4.78, 5) is 3.42. The highest BCUT2D eigenvalue weighted by Gasteiger charge is 2.18. The number of sulfonamides is 2. The Labute approximate surface area is 121 Å². The highest BCUT2D eigenvalue weighted by atomic mass is 32.2.